The fourth-order valence-electron chi connectivity index (χ4n) is 5.23. The Labute approximate surface area is 209 Å². The average Bonchev–Trinajstić information content (AvgIpc) is 3.47. The molecule has 1 atom stereocenters. The van der Waals surface area contributed by atoms with Crippen LogP contribution in [0.15, 0.2) is 70.3 Å². The van der Waals surface area contributed by atoms with E-state index in [4.69, 9.17) is 4.42 Å². The second kappa shape index (κ2) is 8.95. The molecule has 5 rings (SSSR count). The average molecular weight is 488 g/mol. The lowest BCUT2D eigenvalue weighted by Gasteiger charge is -2.36. The standard InChI is InChI=1S/C28H29N3O5/c1-4-5-14-30-20-12-8-7-11-19(20)28(27(30)35)23(25(33)26(34)31(28)16-15-29(2)3)24(32)22-17-18-10-6-9-13-21(18)36-22/h6-13,17,33H,4-5,14-16H2,1-3H3/t28-/m0/s1. The summed E-state index contributed by atoms with van der Waals surface area (Å²) in [5.41, 5.74) is -0.351. The third-order valence-corrected chi connectivity index (χ3v) is 6.97. The van der Waals surface area contributed by atoms with Gasteiger partial charge >= 0.3 is 0 Å². The molecular formula is C28H29N3O5. The smallest absolute Gasteiger partial charge is 0.290 e. The lowest BCUT2D eigenvalue weighted by molar-refractivity contribution is -0.140. The number of fused-ring (bicyclic) bond motifs is 3. The van der Waals surface area contributed by atoms with E-state index in [2.05, 4.69) is 0 Å². The molecule has 2 amide bonds. The molecule has 0 radical (unpaired) electrons. The van der Waals surface area contributed by atoms with E-state index in [1.54, 1.807) is 35.2 Å². The van der Waals surface area contributed by atoms with Gasteiger partial charge in [-0.2, -0.15) is 0 Å². The normalized spacial score (nSPS) is 19.4. The van der Waals surface area contributed by atoms with Gasteiger partial charge in [0.25, 0.3) is 11.8 Å². The van der Waals surface area contributed by atoms with Gasteiger partial charge < -0.3 is 24.2 Å². The molecule has 1 spiro atoms. The first-order chi connectivity index (χ1) is 17.3. The zero-order valence-electron chi connectivity index (χ0n) is 20.7. The molecule has 36 heavy (non-hydrogen) atoms. The Bertz CT molecular complexity index is 1370. The summed E-state index contributed by atoms with van der Waals surface area (Å²) in [6.07, 6.45) is 1.62. The van der Waals surface area contributed by atoms with Crippen molar-refractivity contribution in [3.05, 3.63) is 77.3 Å². The van der Waals surface area contributed by atoms with E-state index in [1.807, 2.05) is 50.2 Å². The molecule has 0 aliphatic carbocycles. The molecule has 1 N–H and O–H groups in total. The van der Waals surface area contributed by atoms with Gasteiger partial charge in [0.15, 0.2) is 17.1 Å². The number of carbonyl (C=O) groups is 3. The zero-order valence-corrected chi connectivity index (χ0v) is 20.7. The predicted octanol–water partition coefficient (Wildman–Crippen LogP) is 3.87. The fraction of sp³-hybridized carbons (Fsp3) is 0.321. The van der Waals surface area contributed by atoms with Crippen LogP contribution >= 0.6 is 0 Å². The lowest BCUT2D eigenvalue weighted by atomic mass is 9.81. The molecule has 3 heterocycles. The number of carbonyl (C=O) groups excluding carboxylic acids is 3. The second-order valence-electron chi connectivity index (χ2n) is 9.50. The van der Waals surface area contributed by atoms with Gasteiger partial charge in [-0.25, -0.2) is 0 Å². The number of hydrogen-bond donors (Lipinski definition) is 1. The van der Waals surface area contributed by atoms with E-state index in [9.17, 15) is 19.5 Å². The van der Waals surface area contributed by atoms with Crippen LogP contribution in [0.1, 0.15) is 35.9 Å². The summed E-state index contributed by atoms with van der Waals surface area (Å²) in [5, 5.41) is 11.9. The molecule has 0 saturated carbocycles. The molecule has 8 nitrogen and oxygen atoms in total. The van der Waals surface area contributed by atoms with Gasteiger partial charge in [-0.15, -0.1) is 0 Å². The van der Waals surface area contributed by atoms with Crippen LogP contribution in [0.3, 0.4) is 0 Å². The number of aliphatic hydroxyl groups is 1. The first-order valence-corrected chi connectivity index (χ1v) is 12.2. The summed E-state index contributed by atoms with van der Waals surface area (Å²) >= 11 is 0. The van der Waals surface area contributed by atoms with Crippen molar-refractivity contribution in [3.8, 4) is 0 Å². The quantitative estimate of drug-likeness (QED) is 0.485. The largest absolute Gasteiger partial charge is 0.503 e. The highest BCUT2D eigenvalue weighted by Gasteiger charge is 2.65. The van der Waals surface area contributed by atoms with Crippen LogP contribution in [0, 0.1) is 0 Å². The molecule has 1 aromatic heterocycles. The molecule has 0 bridgehead atoms. The lowest BCUT2D eigenvalue weighted by Crippen LogP contribution is -2.55. The van der Waals surface area contributed by atoms with Crippen LogP contribution in [0.2, 0.25) is 0 Å². The maximum atomic E-state index is 14.3. The minimum absolute atomic E-state index is 0.0309. The summed E-state index contributed by atoms with van der Waals surface area (Å²) in [7, 11) is 3.72. The Kier molecular flexibility index (Phi) is 5.92. The van der Waals surface area contributed by atoms with Gasteiger partial charge in [-0.1, -0.05) is 49.7 Å². The van der Waals surface area contributed by atoms with Crippen LogP contribution in [-0.2, 0) is 15.1 Å². The third-order valence-electron chi connectivity index (χ3n) is 6.97. The zero-order chi connectivity index (χ0) is 25.6. The predicted molar refractivity (Wildman–Crippen MR) is 136 cm³/mol. The highest BCUT2D eigenvalue weighted by Crippen LogP contribution is 2.53. The minimum atomic E-state index is -1.77. The summed E-state index contributed by atoms with van der Waals surface area (Å²) in [4.78, 5) is 46.8. The first kappa shape index (κ1) is 23.8. The van der Waals surface area contributed by atoms with Crippen molar-refractivity contribution in [1.82, 2.24) is 9.80 Å². The Morgan fingerprint density at radius 2 is 1.78 bits per heavy atom. The van der Waals surface area contributed by atoms with E-state index in [1.165, 1.54) is 4.90 Å². The fourth-order valence-corrected chi connectivity index (χ4v) is 5.23. The maximum absolute atomic E-state index is 14.3. The number of para-hydroxylation sites is 2. The van der Waals surface area contributed by atoms with Crippen molar-refractivity contribution in [2.24, 2.45) is 0 Å². The Morgan fingerprint density at radius 1 is 1.06 bits per heavy atom. The minimum Gasteiger partial charge on any atom is -0.503 e. The molecule has 8 heteroatoms. The molecule has 0 fully saturated rings. The van der Waals surface area contributed by atoms with Gasteiger partial charge in [-0.05, 0) is 38.7 Å². The number of Topliss-reactive ketones (excluding diaryl/α,β-unsaturated/α-hetero) is 1. The van der Waals surface area contributed by atoms with Gasteiger partial charge in [0.1, 0.15) is 5.58 Å². The molecule has 2 aliphatic heterocycles. The van der Waals surface area contributed by atoms with Gasteiger partial charge in [-0.3, -0.25) is 14.4 Å². The Balaban J connectivity index is 1.73. The number of ketones is 1. The topological polar surface area (TPSA) is 94.3 Å². The SMILES string of the molecule is CCCCN1C(=O)[C@@]2(C(C(=O)c3cc4ccccc4o3)=C(O)C(=O)N2CCN(C)C)c2ccccc21. The van der Waals surface area contributed by atoms with Crippen LogP contribution in [0.5, 0.6) is 0 Å². The van der Waals surface area contributed by atoms with E-state index in [0.717, 1.165) is 12.8 Å². The second-order valence-corrected chi connectivity index (χ2v) is 9.50. The molecule has 186 valence electrons. The van der Waals surface area contributed by atoms with Crippen LogP contribution in [0.4, 0.5) is 5.69 Å². The van der Waals surface area contributed by atoms with E-state index in [-0.39, 0.29) is 17.9 Å². The Hall–Kier alpha value is -3.91. The first-order valence-electron chi connectivity index (χ1n) is 12.2. The molecule has 0 unspecified atom stereocenters. The van der Waals surface area contributed by atoms with Gasteiger partial charge in [0, 0.05) is 30.6 Å². The van der Waals surface area contributed by atoms with Crippen molar-refractivity contribution < 1.29 is 23.9 Å². The molecule has 0 saturated heterocycles. The number of aliphatic hydroxyl groups excluding tert-OH is 1. The number of amides is 2. The number of hydrogen-bond acceptors (Lipinski definition) is 6. The van der Waals surface area contributed by atoms with E-state index in [0.29, 0.717) is 35.3 Å². The number of likely N-dealkylation sites (N-methyl/N-ethyl adjacent to an activating group) is 1. The molecule has 2 aromatic carbocycles. The van der Waals surface area contributed by atoms with Crippen LogP contribution in [0.25, 0.3) is 11.0 Å². The Morgan fingerprint density at radius 3 is 2.50 bits per heavy atom. The van der Waals surface area contributed by atoms with Crippen molar-refractivity contribution in [2.75, 3.05) is 38.6 Å². The van der Waals surface area contributed by atoms with Crippen molar-refractivity contribution in [3.63, 3.8) is 0 Å². The van der Waals surface area contributed by atoms with Crippen LogP contribution < -0.4 is 4.90 Å². The molecular weight excluding hydrogens is 458 g/mol. The van der Waals surface area contributed by atoms with Gasteiger partial charge in [0.2, 0.25) is 5.78 Å². The van der Waals surface area contributed by atoms with Crippen molar-refractivity contribution in [2.45, 2.75) is 25.3 Å². The molecule has 2 aliphatic rings. The number of furan rings is 1. The van der Waals surface area contributed by atoms with Crippen molar-refractivity contribution in [1.29, 1.82) is 0 Å². The number of unbranched alkanes of at least 4 members (excludes halogenated alkanes) is 1. The highest BCUT2D eigenvalue weighted by atomic mass is 16.3. The monoisotopic (exact) mass is 487 g/mol. The summed E-state index contributed by atoms with van der Waals surface area (Å²) in [6, 6.07) is 16.0. The number of rotatable bonds is 8. The third kappa shape index (κ3) is 3.36. The van der Waals surface area contributed by atoms with Gasteiger partial charge in [0.05, 0.1) is 11.3 Å². The number of nitrogens with zero attached hydrogens (tertiary/aromatic N) is 3. The highest BCUT2D eigenvalue weighted by molar-refractivity contribution is 6.26. The maximum Gasteiger partial charge on any atom is 0.290 e. The van der Waals surface area contributed by atoms with E-state index < -0.39 is 28.9 Å². The van der Waals surface area contributed by atoms with Crippen molar-refractivity contribution >= 4 is 34.3 Å². The van der Waals surface area contributed by atoms with Crippen LogP contribution in [-0.4, -0.2) is 66.2 Å². The number of benzene rings is 2. The molecule has 3 aromatic rings. The summed E-state index contributed by atoms with van der Waals surface area (Å²) in [5.74, 6) is -2.56. The summed E-state index contributed by atoms with van der Waals surface area (Å²) in [6.45, 7) is 3.06. The summed E-state index contributed by atoms with van der Waals surface area (Å²) < 4.78 is 5.82. The number of anilines is 1. The van der Waals surface area contributed by atoms with E-state index >= 15 is 0 Å².